The summed E-state index contributed by atoms with van der Waals surface area (Å²) < 4.78 is 6.36. The SMILES string of the molecule is CC(C)(C)c1cc(-c2ccc(Cl)cc2)nc2cc(C(O)N3CCC(C(=O)[C@H]4CC[C@@](C)(C(=O)O)CC4)CC3(C)C)oc12. The molecule has 2 atom stereocenters. The second-order valence-electron chi connectivity index (χ2n) is 14.3. The minimum atomic E-state index is -0.983. The van der Waals surface area contributed by atoms with Crippen molar-refractivity contribution < 1.29 is 24.2 Å². The van der Waals surface area contributed by atoms with Crippen LogP contribution >= 0.6 is 11.6 Å². The number of aliphatic carboxylic acids is 1. The fourth-order valence-corrected chi connectivity index (χ4v) is 6.98. The molecule has 8 heteroatoms. The van der Waals surface area contributed by atoms with Crippen molar-refractivity contribution in [2.24, 2.45) is 17.3 Å². The lowest BCUT2D eigenvalue weighted by atomic mass is 9.67. The standard InChI is InChI=1S/C34H43ClN2O5/c1-32(2,3)24-17-25(20-7-9-23(35)10-8-20)36-26-18-27(42-29(24)26)30(39)37-16-13-22(19-33(37,4)5)28(38)21-11-14-34(6,15-12-21)31(40)41/h7-10,17-18,21-22,30,39H,11-16,19H2,1-6H3,(H,40,41)/t21-,22?,30?,34+. The number of pyridine rings is 1. The van der Waals surface area contributed by atoms with Crippen LogP contribution in [0.25, 0.3) is 22.4 Å². The van der Waals surface area contributed by atoms with E-state index in [4.69, 9.17) is 21.0 Å². The minimum Gasteiger partial charge on any atom is -0.481 e. The van der Waals surface area contributed by atoms with Gasteiger partial charge in [0.2, 0.25) is 0 Å². The quantitative estimate of drug-likeness (QED) is 0.300. The Balaban J connectivity index is 1.36. The number of halogens is 1. The summed E-state index contributed by atoms with van der Waals surface area (Å²) in [6.45, 7) is 12.9. The molecule has 0 amide bonds. The average molecular weight is 595 g/mol. The number of carboxylic acid groups (broad SMARTS) is 1. The Morgan fingerprint density at radius 2 is 1.69 bits per heavy atom. The molecule has 1 aliphatic heterocycles. The predicted molar refractivity (Wildman–Crippen MR) is 164 cm³/mol. The zero-order valence-electron chi connectivity index (χ0n) is 25.5. The number of carboxylic acids is 1. The van der Waals surface area contributed by atoms with E-state index >= 15 is 0 Å². The Morgan fingerprint density at radius 1 is 1.05 bits per heavy atom. The number of aliphatic hydroxyl groups excluding tert-OH is 1. The molecule has 2 aromatic heterocycles. The third-order valence-corrected chi connectivity index (χ3v) is 9.90. The van der Waals surface area contributed by atoms with Crippen molar-refractivity contribution in [1.82, 2.24) is 9.88 Å². The Morgan fingerprint density at radius 3 is 2.26 bits per heavy atom. The van der Waals surface area contributed by atoms with Crippen LogP contribution in [0.1, 0.15) is 97.6 Å². The number of Topliss-reactive ketones (excluding diaryl/α,β-unsaturated/α-hetero) is 1. The topological polar surface area (TPSA) is 104 Å². The second kappa shape index (κ2) is 11.1. The molecule has 7 nitrogen and oxygen atoms in total. The highest BCUT2D eigenvalue weighted by Gasteiger charge is 2.45. The van der Waals surface area contributed by atoms with Gasteiger partial charge in [-0.15, -0.1) is 0 Å². The van der Waals surface area contributed by atoms with E-state index in [0.29, 0.717) is 67.0 Å². The molecule has 5 rings (SSSR count). The molecule has 1 aromatic carbocycles. The van der Waals surface area contributed by atoms with Gasteiger partial charge >= 0.3 is 5.97 Å². The maximum Gasteiger partial charge on any atom is 0.309 e. The van der Waals surface area contributed by atoms with Crippen LogP contribution in [0, 0.1) is 17.3 Å². The summed E-state index contributed by atoms with van der Waals surface area (Å²) in [5.74, 6) is -0.263. The van der Waals surface area contributed by atoms with Crippen LogP contribution in [0.2, 0.25) is 5.02 Å². The number of benzene rings is 1. The number of furan rings is 1. The number of hydrogen-bond donors (Lipinski definition) is 2. The Hall–Kier alpha value is -2.74. The summed E-state index contributed by atoms with van der Waals surface area (Å²) in [6, 6.07) is 11.5. The zero-order valence-corrected chi connectivity index (χ0v) is 26.3. The van der Waals surface area contributed by atoms with Crippen molar-refractivity contribution in [3.8, 4) is 11.3 Å². The van der Waals surface area contributed by atoms with Crippen molar-refractivity contribution in [1.29, 1.82) is 0 Å². The van der Waals surface area contributed by atoms with Crippen LogP contribution in [-0.2, 0) is 15.0 Å². The molecule has 2 N–H and O–H groups in total. The number of aliphatic hydroxyl groups is 1. The van der Waals surface area contributed by atoms with Gasteiger partial charge in [0, 0.05) is 46.1 Å². The van der Waals surface area contributed by atoms with Crippen LogP contribution in [0.5, 0.6) is 0 Å². The van der Waals surface area contributed by atoms with Crippen LogP contribution < -0.4 is 0 Å². The van der Waals surface area contributed by atoms with E-state index in [9.17, 15) is 19.8 Å². The summed E-state index contributed by atoms with van der Waals surface area (Å²) in [5, 5.41) is 21.8. The summed E-state index contributed by atoms with van der Waals surface area (Å²) in [7, 11) is 0. The van der Waals surface area contributed by atoms with Gasteiger partial charge in [0.05, 0.1) is 11.1 Å². The molecule has 1 saturated carbocycles. The molecule has 2 aliphatic rings. The highest BCUT2D eigenvalue weighted by Crippen LogP contribution is 2.44. The van der Waals surface area contributed by atoms with Gasteiger partial charge in [-0.2, -0.15) is 0 Å². The molecule has 3 aromatic rings. The van der Waals surface area contributed by atoms with E-state index < -0.39 is 23.2 Å². The smallest absolute Gasteiger partial charge is 0.309 e. The number of likely N-dealkylation sites (tertiary alicyclic amines) is 1. The number of piperidine rings is 1. The van der Waals surface area contributed by atoms with E-state index in [0.717, 1.165) is 16.8 Å². The van der Waals surface area contributed by atoms with Gasteiger partial charge < -0.3 is 14.6 Å². The minimum absolute atomic E-state index is 0.0817. The van der Waals surface area contributed by atoms with Gasteiger partial charge in [-0.05, 0) is 82.9 Å². The van der Waals surface area contributed by atoms with Crippen LogP contribution in [0.3, 0.4) is 0 Å². The van der Waals surface area contributed by atoms with E-state index in [1.165, 1.54) is 0 Å². The maximum absolute atomic E-state index is 13.5. The van der Waals surface area contributed by atoms with Crippen LogP contribution in [-0.4, -0.2) is 43.9 Å². The first-order chi connectivity index (χ1) is 19.6. The van der Waals surface area contributed by atoms with Gasteiger partial charge in [0.1, 0.15) is 11.3 Å². The van der Waals surface area contributed by atoms with Crippen molar-refractivity contribution in [3.63, 3.8) is 0 Å². The van der Waals surface area contributed by atoms with E-state index in [-0.39, 0.29) is 23.0 Å². The fourth-order valence-electron chi connectivity index (χ4n) is 6.85. The van der Waals surface area contributed by atoms with Gasteiger partial charge in [0.25, 0.3) is 0 Å². The molecule has 3 heterocycles. The molecular formula is C34H43ClN2O5. The highest BCUT2D eigenvalue weighted by molar-refractivity contribution is 6.30. The van der Waals surface area contributed by atoms with Crippen molar-refractivity contribution in [2.45, 2.75) is 97.2 Å². The summed E-state index contributed by atoms with van der Waals surface area (Å²) >= 11 is 6.11. The molecule has 0 radical (unpaired) electrons. The Labute approximate surface area is 253 Å². The molecule has 2 unspecified atom stereocenters. The van der Waals surface area contributed by atoms with E-state index in [1.54, 1.807) is 6.92 Å². The molecule has 0 spiro atoms. The Bertz CT molecular complexity index is 1480. The third-order valence-electron chi connectivity index (χ3n) is 9.65. The van der Waals surface area contributed by atoms with Crippen LogP contribution in [0.15, 0.2) is 40.8 Å². The molecule has 1 aliphatic carbocycles. The third kappa shape index (κ3) is 5.88. The summed E-state index contributed by atoms with van der Waals surface area (Å²) in [6.07, 6.45) is 2.63. The van der Waals surface area contributed by atoms with E-state index in [1.807, 2.05) is 35.2 Å². The molecule has 42 heavy (non-hydrogen) atoms. The molecule has 0 bridgehead atoms. The molecular weight excluding hydrogens is 552 g/mol. The van der Waals surface area contributed by atoms with Crippen molar-refractivity contribution in [3.05, 3.63) is 52.7 Å². The summed E-state index contributed by atoms with van der Waals surface area (Å²) in [4.78, 5) is 32.1. The molecule has 226 valence electrons. The fraction of sp³-hybridized carbons (Fsp3) is 0.559. The normalized spacial score (nSPS) is 25.8. The van der Waals surface area contributed by atoms with Crippen molar-refractivity contribution >= 4 is 34.5 Å². The average Bonchev–Trinajstić information content (AvgIpc) is 3.36. The number of fused-ring (bicyclic) bond motifs is 1. The number of aromatic nitrogens is 1. The van der Waals surface area contributed by atoms with Crippen LogP contribution in [0.4, 0.5) is 0 Å². The zero-order chi connectivity index (χ0) is 30.6. The number of carbonyl (C=O) groups excluding carboxylic acids is 1. The largest absolute Gasteiger partial charge is 0.481 e. The number of rotatable bonds is 6. The number of ketones is 1. The second-order valence-corrected chi connectivity index (χ2v) is 14.7. The first-order valence-electron chi connectivity index (χ1n) is 15.0. The van der Waals surface area contributed by atoms with Gasteiger partial charge in [-0.25, -0.2) is 4.98 Å². The lowest BCUT2D eigenvalue weighted by molar-refractivity contribution is -0.152. The van der Waals surface area contributed by atoms with Gasteiger partial charge in [0.15, 0.2) is 17.6 Å². The summed E-state index contributed by atoms with van der Waals surface area (Å²) in [5.41, 5.74) is 2.74. The molecule has 1 saturated heterocycles. The Kier molecular flexibility index (Phi) is 8.10. The first-order valence-corrected chi connectivity index (χ1v) is 15.4. The number of hydrogen-bond acceptors (Lipinski definition) is 6. The number of carbonyl (C=O) groups is 2. The highest BCUT2D eigenvalue weighted by atomic mass is 35.5. The maximum atomic E-state index is 13.5. The lowest BCUT2D eigenvalue weighted by Crippen LogP contribution is -2.53. The molecule has 2 fully saturated rings. The van der Waals surface area contributed by atoms with Crippen molar-refractivity contribution in [2.75, 3.05) is 6.54 Å². The van der Waals surface area contributed by atoms with Gasteiger partial charge in [-0.3, -0.25) is 14.5 Å². The predicted octanol–water partition coefficient (Wildman–Crippen LogP) is 7.78. The first kappa shape index (κ1) is 30.7. The monoisotopic (exact) mass is 594 g/mol. The van der Waals surface area contributed by atoms with E-state index in [2.05, 4.69) is 40.7 Å². The number of nitrogens with zero attached hydrogens (tertiary/aromatic N) is 2. The lowest BCUT2D eigenvalue weighted by Gasteiger charge is -2.47. The van der Waals surface area contributed by atoms with Gasteiger partial charge in [-0.1, -0.05) is 44.5 Å².